The minimum Gasteiger partial charge on any atom is -0.378 e. The molecular weight excluding hydrogens is 265 g/mol. The lowest BCUT2D eigenvalue weighted by Gasteiger charge is -2.09. The van der Waals surface area contributed by atoms with E-state index in [4.69, 9.17) is 0 Å². The summed E-state index contributed by atoms with van der Waals surface area (Å²) < 4.78 is 39.5. The highest BCUT2D eigenvalue weighted by Gasteiger charge is 2.13. The van der Waals surface area contributed by atoms with Crippen molar-refractivity contribution in [2.24, 2.45) is 0 Å². The van der Waals surface area contributed by atoms with Crippen LogP contribution in [0.25, 0.3) is 10.9 Å². The number of aromatic nitrogens is 1. The number of aromatic amines is 1. The Labute approximate surface area is 113 Å². The van der Waals surface area contributed by atoms with E-state index in [9.17, 15) is 13.2 Å². The Morgan fingerprint density at radius 1 is 0.950 bits per heavy atom. The van der Waals surface area contributed by atoms with Gasteiger partial charge in [-0.1, -0.05) is 12.1 Å². The third-order valence-electron chi connectivity index (χ3n) is 3.19. The summed E-state index contributed by atoms with van der Waals surface area (Å²) in [6.45, 7) is 0.317. The molecule has 0 radical (unpaired) electrons. The molecule has 0 atom stereocenters. The summed E-state index contributed by atoms with van der Waals surface area (Å²) in [4.78, 5) is 3.07. The zero-order chi connectivity index (χ0) is 14.1. The first-order valence-corrected chi connectivity index (χ1v) is 6.09. The van der Waals surface area contributed by atoms with Crippen LogP contribution < -0.4 is 5.32 Å². The van der Waals surface area contributed by atoms with Gasteiger partial charge in [-0.15, -0.1) is 0 Å². The van der Waals surface area contributed by atoms with Crippen molar-refractivity contribution in [2.45, 2.75) is 6.54 Å². The van der Waals surface area contributed by atoms with E-state index in [2.05, 4.69) is 10.3 Å². The number of H-pyrrole nitrogens is 1. The first-order valence-electron chi connectivity index (χ1n) is 6.09. The van der Waals surface area contributed by atoms with Gasteiger partial charge in [0.15, 0.2) is 17.5 Å². The lowest BCUT2D eigenvalue weighted by Crippen LogP contribution is -2.04. The fourth-order valence-electron chi connectivity index (χ4n) is 2.16. The van der Waals surface area contributed by atoms with Crippen molar-refractivity contribution >= 4 is 16.6 Å². The molecule has 2 N–H and O–H groups in total. The monoisotopic (exact) mass is 276 g/mol. The summed E-state index contributed by atoms with van der Waals surface area (Å²) in [5.41, 5.74) is 1.85. The fourth-order valence-corrected chi connectivity index (χ4v) is 2.16. The van der Waals surface area contributed by atoms with E-state index >= 15 is 0 Å². The van der Waals surface area contributed by atoms with Crippen LogP contribution in [0.3, 0.4) is 0 Å². The summed E-state index contributed by atoms with van der Waals surface area (Å²) in [5, 5.41) is 3.79. The maximum Gasteiger partial charge on any atom is 0.196 e. The summed E-state index contributed by atoms with van der Waals surface area (Å²) in [5.74, 6) is -3.86. The lowest BCUT2D eigenvalue weighted by atomic mass is 10.1. The standard InChI is InChI=1S/C15H11F3N2/c16-11-4-5-13(15(18)14(11)17)20-8-9-2-1-3-12-10(9)6-7-19-12/h1-7,19-20H,8H2. The van der Waals surface area contributed by atoms with Crippen molar-refractivity contribution in [2.75, 3.05) is 5.32 Å². The molecule has 0 aliphatic heterocycles. The van der Waals surface area contributed by atoms with Gasteiger partial charge in [0, 0.05) is 23.6 Å². The fraction of sp³-hybridized carbons (Fsp3) is 0.0667. The van der Waals surface area contributed by atoms with Crippen LogP contribution in [0.5, 0.6) is 0 Å². The van der Waals surface area contributed by atoms with Gasteiger partial charge in [-0.05, 0) is 29.8 Å². The minimum atomic E-state index is -1.46. The van der Waals surface area contributed by atoms with Crippen molar-refractivity contribution in [3.05, 3.63) is 65.6 Å². The van der Waals surface area contributed by atoms with Crippen molar-refractivity contribution in [1.82, 2.24) is 4.98 Å². The van der Waals surface area contributed by atoms with E-state index in [1.54, 1.807) is 0 Å². The molecule has 1 heterocycles. The van der Waals surface area contributed by atoms with Crippen molar-refractivity contribution in [3.8, 4) is 0 Å². The first-order chi connectivity index (χ1) is 9.66. The van der Waals surface area contributed by atoms with Gasteiger partial charge < -0.3 is 10.3 Å². The van der Waals surface area contributed by atoms with Crippen LogP contribution in [0.1, 0.15) is 5.56 Å². The number of rotatable bonds is 3. The highest BCUT2D eigenvalue weighted by Crippen LogP contribution is 2.22. The molecule has 0 bridgehead atoms. The third kappa shape index (κ3) is 2.11. The molecule has 20 heavy (non-hydrogen) atoms. The molecule has 0 fully saturated rings. The molecule has 0 saturated heterocycles. The molecule has 0 amide bonds. The van der Waals surface area contributed by atoms with Gasteiger partial charge in [0.2, 0.25) is 0 Å². The Morgan fingerprint density at radius 2 is 1.80 bits per heavy atom. The molecule has 0 saturated carbocycles. The molecule has 3 aromatic rings. The van der Waals surface area contributed by atoms with E-state index in [1.807, 2.05) is 30.5 Å². The van der Waals surface area contributed by atoms with E-state index in [0.29, 0.717) is 6.54 Å². The number of anilines is 1. The molecule has 0 spiro atoms. The molecular formula is C15H11F3N2. The zero-order valence-electron chi connectivity index (χ0n) is 10.4. The number of hydrogen-bond donors (Lipinski definition) is 2. The first kappa shape index (κ1) is 12.6. The Bertz CT molecular complexity index is 765. The van der Waals surface area contributed by atoms with Crippen LogP contribution in [0.2, 0.25) is 0 Å². The summed E-state index contributed by atoms with van der Waals surface area (Å²) >= 11 is 0. The van der Waals surface area contributed by atoms with Crippen LogP contribution in [-0.4, -0.2) is 4.98 Å². The molecule has 5 heteroatoms. The number of halogens is 3. The lowest BCUT2D eigenvalue weighted by molar-refractivity contribution is 0.449. The largest absolute Gasteiger partial charge is 0.378 e. The number of benzene rings is 2. The van der Waals surface area contributed by atoms with Crippen LogP contribution in [0.15, 0.2) is 42.6 Å². The second-order valence-corrected chi connectivity index (χ2v) is 4.43. The predicted octanol–water partition coefficient (Wildman–Crippen LogP) is 4.20. The van der Waals surface area contributed by atoms with E-state index in [1.165, 1.54) is 6.07 Å². The summed E-state index contributed by atoms with van der Waals surface area (Å²) in [6.07, 6.45) is 1.81. The molecule has 0 aliphatic carbocycles. The van der Waals surface area contributed by atoms with E-state index < -0.39 is 17.5 Å². The summed E-state index contributed by atoms with van der Waals surface area (Å²) in [7, 11) is 0. The summed E-state index contributed by atoms with van der Waals surface area (Å²) in [6, 6.07) is 9.69. The quantitative estimate of drug-likeness (QED) is 0.689. The molecule has 2 aromatic carbocycles. The second-order valence-electron chi connectivity index (χ2n) is 4.43. The van der Waals surface area contributed by atoms with Gasteiger partial charge in [0.25, 0.3) is 0 Å². The van der Waals surface area contributed by atoms with Crippen molar-refractivity contribution in [1.29, 1.82) is 0 Å². The Hall–Kier alpha value is -2.43. The molecule has 0 aliphatic rings. The van der Waals surface area contributed by atoms with Crippen LogP contribution in [0.4, 0.5) is 18.9 Å². The van der Waals surface area contributed by atoms with Gasteiger partial charge in [-0.25, -0.2) is 13.2 Å². The smallest absolute Gasteiger partial charge is 0.196 e. The predicted molar refractivity (Wildman–Crippen MR) is 71.9 cm³/mol. The maximum atomic E-state index is 13.5. The Morgan fingerprint density at radius 3 is 2.65 bits per heavy atom. The number of nitrogens with one attached hydrogen (secondary N) is 2. The molecule has 1 aromatic heterocycles. The van der Waals surface area contributed by atoms with E-state index in [0.717, 1.165) is 22.5 Å². The average Bonchev–Trinajstić information content (AvgIpc) is 2.93. The Kier molecular flexibility index (Phi) is 3.10. The van der Waals surface area contributed by atoms with Crippen LogP contribution in [-0.2, 0) is 6.54 Å². The SMILES string of the molecule is Fc1ccc(NCc2cccc3[nH]ccc23)c(F)c1F. The van der Waals surface area contributed by atoms with Gasteiger partial charge in [-0.3, -0.25) is 0 Å². The van der Waals surface area contributed by atoms with Gasteiger partial charge in [0.05, 0.1) is 5.69 Å². The maximum absolute atomic E-state index is 13.5. The average molecular weight is 276 g/mol. The van der Waals surface area contributed by atoms with Crippen molar-refractivity contribution < 1.29 is 13.2 Å². The van der Waals surface area contributed by atoms with Crippen molar-refractivity contribution in [3.63, 3.8) is 0 Å². The molecule has 102 valence electrons. The van der Waals surface area contributed by atoms with Crippen LogP contribution in [0, 0.1) is 17.5 Å². The van der Waals surface area contributed by atoms with Crippen LogP contribution >= 0.6 is 0 Å². The van der Waals surface area contributed by atoms with E-state index in [-0.39, 0.29) is 5.69 Å². The number of hydrogen-bond acceptors (Lipinski definition) is 1. The van der Waals surface area contributed by atoms with Gasteiger partial charge in [-0.2, -0.15) is 0 Å². The highest BCUT2D eigenvalue weighted by molar-refractivity contribution is 5.83. The Balaban J connectivity index is 1.87. The third-order valence-corrected chi connectivity index (χ3v) is 3.19. The van der Waals surface area contributed by atoms with Gasteiger partial charge >= 0.3 is 0 Å². The second kappa shape index (κ2) is 4.92. The highest BCUT2D eigenvalue weighted by atomic mass is 19.2. The molecule has 3 rings (SSSR count). The molecule has 0 unspecified atom stereocenters. The normalized spacial score (nSPS) is 10.9. The molecule has 2 nitrogen and oxygen atoms in total. The topological polar surface area (TPSA) is 27.8 Å². The zero-order valence-corrected chi connectivity index (χ0v) is 10.4. The number of fused-ring (bicyclic) bond motifs is 1. The van der Waals surface area contributed by atoms with Gasteiger partial charge in [0.1, 0.15) is 0 Å². The minimum absolute atomic E-state index is 0.0589.